The second-order valence-corrected chi connectivity index (χ2v) is 13.6. The van der Waals surface area contributed by atoms with E-state index in [2.05, 4.69) is 24.9 Å². The quantitative estimate of drug-likeness (QED) is 0.0818. The van der Waals surface area contributed by atoms with Crippen LogP contribution < -0.4 is 4.52 Å². The fourth-order valence-electron chi connectivity index (χ4n) is 4.83. The highest BCUT2D eigenvalue weighted by atomic mass is 32.2. The number of ether oxygens (including phenoxy) is 2. The van der Waals surface area contributed by atoms with Gasteiger partial charge in [0.1, 0.15) is 11.9 Å². The lowest BCUT2D eigenvalue weighted by Gasteiger charge is -2.20. The van der Waals surface area contributed by atoms with Crippen LogP contribution in [0.15, 0.2) is 35.4 Å². The molecule has 0 aliphatic carbocycles. The first-order valence-electron chi connectivity index (χ1n) is 15.9. The molecule has 0 saturated heterocycles. The fraction of sp³-hybridized carbons (Fsp3) is 0.750. The lowest BCUT2D eigenvalue weighted by Crippen LogP contribution is -2.26. The van der Waals surface area contributed by atoms with Gasteiger partial charge in [-0.25, -0.2) is 4.57 Å². The number of phosphoric ester groups is 1. The Balaban J connectivity index is 1.50. The average Bonchev–Trinajstić information content (AvgIpc) is 3.36. The topological polar surface area (TPSA) is 77.5 Å². The molecule has 7 nitrogen and oxygen atoms in total. The Morgan fingerprint density at radius 3 is 2.00 bits per heavy atom. The van der Waals surface area contributed by atoms with Crippen molar-refractivity contribution >= 4 is 19.6 Å². The van der Waals surface area contributed by atoms with E-state index < -0.39 is 13.9 Å². The Morgan fingerprint density at radius 1 is 0.878 bits per heavy atom. The third-order valence-corrected chi connectivity index (χ3v) is 9.06. The van der Waals surface area contributed by atoms with Crippen LogP contribution in [0.2, 0.25) is 0 Å². The van der Waals surface area contributed by atoms with Crippen LogP contribution in [0.1, 0.15) is 116 Å². The molecule has 1 aromatic rings. The number of allylic oxidation sites excluding steroid dienone is 1. The summed E-state index contributed by atoms with van der Waals surface area (Å²) in [4.78, 5) is 13.7. The van der Waals surface area contributed by atoms with E-state index in [9.17, 15) is 9.46 Å². The maximum absolute atomic E-state index is 12.5. The Labute approximate surface area is 254 Å². The van der Waals surface area contributed by atoms with Gasteiger partial charge in [-0.3, -0.25) is 9.42 Å². The molecule has 0 fully saturated rings. The molecular formula is C32H56NO6PS. The van der Waals surface area contributed by atoms with Crippen LogP contribution >= 0.6 is 19.6 Å². The number of phosphoric acid groups is 1. The summed E-state index contributed by atoms with van der Waals surface area (Å²) in [6.07, 6.45) is 20.3. The van der Waals surface area contributed by atoms with Crippen molar-refractivity contribution in [1.29, 1.82) is 0 Å². The zero-order valence-electron chi connectivity index (χ0n) is 25.9. The van der Waals surface area contributed by atoms with Crippen molar-refractivity contribution in [2.45, 2.75) is 123 Å². The van der Waals surface area contributed by atoms with Crippen molar-refractivity contribution in [2.24, 2.45) is 0 Å². The molecule has 2 rings (SSSR count). The smallest absolute Gasteiger partial charge is 0.404 e. The minimum absolute atomic E-state index is 0.0727. The first-order valence-corrected chi connectivity index (χ1v) is 18.4. The van der Waals surface area contributed by atoms with Crippen LogP contribution in [0.3, 0.4) is 0 Å². The number of thioether (sulfide) groups is 1. The minimum atomic E-state index is -4.28. The summed E-state index contributed by atoms with van der Waals surface area (Å²) in [6.45, 7) is 8.42. The molecule has 0 saturated carbocycles. The van der Waals surface area contributed by atoms with Gasteiger partial charge in [0.05, 0.1) is 19.1 Å². The van der Waals surface area contributed by atoms with Crippen LogP contribution in [-0.4, -0.2) is 48.2 Å². The predicted octanol–water partition coefficient (Wildman–Crippen LogP) is 9.45. The molecular weight excluding hydrogens is 557 g/mol. The molecule has 236 valence electrons. The van der Waals surface area contributed by atoms with Gasteiger partial charge in [-0.05, 0) is 42.9 Å². The van der Waals surface area contributed by atoms with Gasteiger partial charge in [-0.2, -0.15) is 0 Å². The van der Waals surface area contributed by atoms with Gasteiger partial charge in [0.15, 0.2) is 0 Å². The normalized spacial score (nSPS) is 15.6. The molecule has 0 radical (unpaired) electrons. The maximum Gasteiger partial charge on any atom is 0.527 e. The van der Waals surface area contributed by atoms with Crippen LogP contribution in [-0.2, 0) is 25.1 Å². The summed E-state index contributed by atoms with van der Waals surface area (Å²) in [7, 11) is -4.28. The molecule has 0 spiro atoms. The summed E-state index contributed by atoms with van der Waals surface area (Å²) in [6, 6.07) is 7.19. The van der Waals surface area contributed by atoms with Gasteiger partial charge < -0.3 is 18.9 Å². The molecule has 0 bridgehead atoms. The Hall–Kier alpha value is -1.02. The van der Waals surface area contributed by atoms with Gasteiger partial charge in [0.25, 0.3) is 0 Å². The SMILES string of the molecule is CCCCCCCCCCCCCCCCOCC(COP(=O)(O)Oc1ccc(CN2C=C(C)SC2)cc1)OCC. The number of hydrogen-bond donors (Lipinski definition) is 1. The molecule has 9 heteroatoms. The number of hydrogen-bond acceptors (Lipinski definition) is 7. The van der Waals surface area contributed by atoms with Crippen LogP contribution in [0.4, 0.5) is 0 Å². The van der Waals surface area contributed by atoms with Crippen molar-refractivity contribution in [1.82, 2.24) is 4.90 Å². The first-order chi connectivity index (χ1) is 19.9. The van der Waals surface area contributed by atoms with E-state index >= 15 is 0 Å². The maximum atomic E-state index is 12.5. The van der Waals surface area contributed by atoms with Crippen molar-refractivity contribution in [3.05, 3.63) is 40.9 Å². The Bertz CT molecular complexity index is 868. The first kappa shape index (κ1) is 36.2. The second-order valence-electron chi connectivity index (χ2n) is 11.0. The van der Waals surface area contributed by atoms with Crippen molar-refractivity contribution < 1.29 is 28.0 Å². The second kappa shape index (κ2) is 22.5. The summed E-state index contributed by atoms with van der Waals surface area (Å²) < 4.78 is 34.5. The molecule has 2 unspecified atom stereocenters. The van der Waals surface area contributed by atoms with E-state index in [1.54, 1.807) is 12.1 Å². The zero-order chi connectivity index (χ0) is 29.6. The van der Waals surface area contributed by atoms with Gasteiger partial charge >= 0.3 is 7.82 Å². The lowest BCUT2D eigenvalue weighted by molar-refractivity contribution is -0.0373. The van der Waals surface area contributed by atoms with E-state index in [1.807, 2.05) is 30.8 Å². The number of benzene rings is 1. The molecule has 1 N–H and O–H groups in total. The summed E-state index contributed by atoms with van der Waals surface area (Å²) in [5.41, 5.74) is 1.10. The van der Waals surface area contributed by atoms with Gasteiger partial charge in [0, 0.05) is 26.0 Å². The van der Waals surface area contributed by atoms with E-state index in [0.29, 0.717) is 25.6 Å². The van der Waals surface area contributed by atoms with Crippen LogP contribution in [0, 0.1) is 0 Å². The number of nitrogens with zero attached hydrogens (tertiary/aromatic N) is 1. The largest absolute Gasteiger partial charge is 0.527 e. The molecule has 0 amide bonds. The van der Waals surface area contributed by atoms with Crippen molar-refractivity contribution in [3.63, 3.8) is 0 Å². The van der Waals surface area contributed by atoms with E-state index in [1.165, 1.54) is 88.4 Å². The average molecular weight is 614 g/mol. The third kappa shape index (κ3) is 18.3. The summed E-state index contributed by atoms with van der Waals surface area (Å²) in [5, 5.41) is 0. The van der Waals surface area contributed by atoms with Crippen molar-refractivity contribution in [2.75, 3.05) is 32.3 Å². The van der Waals surface area contributed by atoms with E-state index in [-0.39, 0.29) is 6.61 Å². The molecule has 1 aliphatic rings. The molecule has 1 aliphatic heterocycles. The standard InChI is InChI=1S/C32H56NO6PS/c1-4-6-7-8-9-10-11-12-13-14-15-16-17-18-23-36-26-32(37-5-2)27-38-40(34,35)39-31-21-19-30(20-22-31)25-33-24-29(3)41-28-33/h19-22,24,32H,4-18,23,25-28H2,1-3H3,(H,34,35). The number of unbranched alkanes of at least 4 members (excludes halogenated alkanes) is 13. The molecule has 2 atom stereocenters. The highest BCUT2D eigenvalue weighted by Crippen LogP contribution is 2.44. The van der Waals surface area contributed by atoms with Crippen LogP contribution in [0.25, 0.3) is 0 Å². The minimum Gasteiger partial charge on any atom is -0.404 e. The molecule has 1 heterocycles. The zero-order valence-corrected chi connectivity index (χ0v) is 27.6. The Morgan fingerprint density at radius 2 is 1.46 bits per heavy atom. The van der Waals surface area contributed by atoms with Gasteiger partial charge in [-0.15, -0.1) is 11.8 Å². The third-order valence-electron chi connectivity index (χ3n) is 7.12. The molecule has 41 heavy (non-hydrogen) atoms. The predicted molar refractivity (Wildman–Crippen MR) is 171 cm³/mol. The monoisotopic (exact) mass is 613 g/mol. The number of rotatable bonds is 26. The van der Waals surface area contributed by atoms with E-state index in [0.717, 1.165) is 24.4 Å². The molecule has 0 aromatic heterocycles. The lowest BCUT2D eigenvalue weighted by atomic mass is 10.0. The van der Waals surface area contributed by atoms with Gasteiger partial charge in [-0.1, -0.05) is 103 Å². The van der Waals surface area contributed by atoms with Crippen molar-refractivity contribution in [3.8, 4) is 5.75 Å². The molecule has 1 aromatic carbocycles. The highest BCUT2D eigenvalue weighted by Gasteiger charge is 2.25. The highest BCUT2D eigenvalue weighted by molar-refractivity contribution is 8.03. The summed E-state index contributed by atoms with van der Waals surface area (Å²) >= 11 is 1.82. The fourth-order valence-corrected chi connectivity index (χ4v) is 6.38. The van der Waals surface area contributed by atoms with E-state index in [4.69, 9.17) is 18.5 Å². The summed E-state index contributed by atoms with van der Waals surface area (Å²) in [5.74, 6) is 1.23. The Kier molecular flexibility index (Phi) is 19.9. The van der Waals surface area contributed by atoms with Gasteiger partial charge in [0.2, 0.25) is 0 Å². The van der Waals surface area contributed by atoms with Crippen LogP contribution in [0.5, 0.6) is 5.75 Å².